The van der Waals surface area contributed by atoms with Crippen molar-refractivity contribution < 1.29 is 18.7 Å². The number of amidine groups is 1. The van der Waals surface area contributed by atoms with Crippen LogP contribution in [0, 0.1) is 0 Å². The number of carbonyl (C=O) groups excluding carboxylic acids is 1. The first-order chi connectivity index (χ1) is 15.4. The molecule has 1 unspecified atom stereocenters. The molecule has 9 heteroatoms. The highest BCUT2D eigenvalue weighted by molar-refractivity contribution is 8.13. The summed E-state index contributed by atoms with van der Waals surface area (Å²) in [5, 5.41) is 7.46. The SMILES string of the molecule is C=C(/C(F)=C\C=C\CC(=O)c1cnc(C(C)F)cn1)[C@H]1CCCCCCSC(N)=N1.CO. The lowest BCUT2D eigenvalue weighted by Crippen LogP contribution is -2.17. The van der Waals surface area contributed by atoms with E-state index >= 15 is 0 Å². The molecule has 2 heterocycles. The smallest absolute Gasteiger partial charge is 0.186 e. The summed E-state index contributed by atoms with van der Waals surface area (Å²) in [7, 11) is 1.00. The Labute approximate surface area is 192 Å². The summed E-state index contributed by atoms with van der Waals surface area (Å²) in [6.07, 6.45) is 10.5. The van der Waals surface area contributed by atoms with Crippen molar-refractivity contribution in [2.45, 2.75) is 57.7 Å². The largest absolute Gasteiger partial charge is 0.400 e. The minimum Gasteiger partial charge on any atom is -0.400 e. The number of nitrogens with two attached hydrogens (primary N) is 1. The Hall–Kier alpha value is -2.39. The predicted octanol–water partition coefficient (Wildman–Crippen LogP) is 5.03. The molecule has 1 aromatic rings. The van der Waals surface area contributed by atoms with E-state index in [-0.39, 0.29) is 35.2 Å². The molecule has 0 spiro atoms. The molecule has 0 saturated heterocycles. The molecule has 0 aliphatic carbocycles. The first kappa shape index (κ1) is 27.6. The number of aliphatic imine (C=N–C) groups is 1. The standard InChI is InChI=1S/C22H28F2N4OS.CH4O/c1-15(18-10-5-3-4-8-12-30-22(25)28-18)17(24)9-6-7-11-21(29)20-14-26-19(13-27-20)16(2)23;1-2/h6-7,9,13-14,16,18H,1,3-5,8,10-12H2,2H3,(H2,25,28);2H,1H3/b7-6+,17-9+;/t16?,18-;/m1./s1. The Bertz CT molecular complexity index is 824. The summed E-state index contributed by atoms with van der Waals surface area (Å²) in [6.45, 7) is 5.21. The van der Waals surface area contributed by atoms with Crippen molar-refractivity contribution in [3.8, 4) is 0 Å². The minimum absolute atomic E-state index is 0.0284. The van der Waals surface area contributed by atoms with Crippen LogP contribution in [-0.2, 0) is 0 Å². The van der Waals surface area contributed by atoms with Crippen LogP contribution in [0.5, 0.6) is 0 Å². The van der Waals surface area contributed by atoms with Gasteiger partial charge in [-0.15, -0.1) is 0 Å². The fourth-order valence-corrected chi connectivity index (χ4v) is 3.62. The highest BCUT2D eigenvalue weighted by Crippen LogP contribution is 2.24. The van der Waals surface area contributed by atoms with Crippen LogP contribution in [0.15, 0.2) is 53.6 Å². The molecule has 0 radical (unpaired) electrons. The number of thioether (sulfide) groups is 1. The van der Waals surface area contributed by atoms with Crippen molar-refractivity contribution in [1.29, 1.82) is 0 Å². The third kappa shape index (κ3) is 9.82. The monoisotopic (exact) mass is 466 g/mol. The van der Waals surface area contributed by atoms with E-state index in [9.17, 15) is 13.6 Å². The fraction of sp³-hybridized carbons (Fsp3) is 0.478. The second kappa shape index (κ2) is 15.4. The van der Waals surface area contributed by atoms with Gasteiger partial charge in [0.05, 0.1) is 24.1 Å². The lowest BCUT2D eigenvalue weighted by Gasteiger charge is -2.16. The van der Waals surface area contributed by atoms with E-state index in [1.54, 1.807) is 0 Å². The first-order valence-electron chi connectivity index (χ1n) is 10.5. The van der Waals surface area contributed by atoms with Gasteiger partial charge >= 0.3 is 0 Å². The highest BCUT2D eigenvalue weighted by Gasteiger charge is 2.16. The lowest BCUT2D eigenvalue weighted by molar-refractivity contribution is 0.0990. The van der Waals surface area contributed by atoms with Gasteiger partial charge in [-0.3, -0.25) is 14.8 Å². The van der Waals surface area contributed by atoms with Gasteiger partial charge in [-0.25, -0.2) is 13.8 Å². The van der Waals surface area contributed by atoms with Crippen molar-refractivity contribution in [2.24, 2.45) is 10.7 Å². The number of hydrogen-bond acceptors (Lipinski definition) is 7. The van der Waals surface area contributed by atoms with Crippen molar-refractivity contribution in [2.75, 3.05) is 12.9 Å². The minimum atomic E-state index is -1.24. The van der Waals surface area contributed by atoms with Crippen LogP contribution in [0.1, 0.15) is 67.8 Å². The van der Waals surface area contributed by atoms with E-state index in [4.69, 9.17) is 10.8 Å². The van der Waals surface area contributed by atoms with E-state index in [0.717, 1.165) is 38.5 Å². The molecule has 6 nitrogen and oxygen atoms in total. The fourth-order valence-electron chi connectivity index (χ4n) is 2.86. The van der Waals surface area contributed by atoms with E-state index in [1.165, 1.54) is 49.3 Å². The third-order valence-electron chi connectivity index (χ3n) is 4.66. The Morgan fingerprint density at radius 3 is 2.69 bits per heavy atom. The maximum Gasteiger partial charge on any atom is 0.186 e. The number of hydrogen-bond donors (Lipinski definition) is 2. The summed E-state index contributed by atoms with van der Waals surface area (Å²) in [4.78, 5) is 24.3. The summed E-state index contributed by atoms with van der Waals surface area (Å²) in [6, 6.07) is -0.381. The first-order valence-corrected chi connectivity index (χ1v) is 11.5. The maximum absolute atomic E-state index is 14.5. The number of ketones is 1. The Balaban J connectivity index is 0.00000249. The molecule has 0 fully saturated rings. The molecule has 176 valence electrons. The average molecular weight is 467 g/mol. The van der Waals surface area contributed by atoms with Gasteiger partial charge in [0.25, 0.3) is 0 Å². The van der Waals surface area contributed by atoms with Gasteiger partial charge in [-0.05, 0) is 25.8 Å². The zero-order chi connectivity index (χ0) is 23.9. The quantitative estimate of drug-likeness (QED) is 0.431. The van der Waals surface area contributed by atoms with Gasteiger partial charge in [0, 0.05) is 24.9 Å². The van der Waals surface area contributed by atoms with Crippen LogP contribution >= 0.6 is 11.8 Å². The summed E-state index contributed by atoms with van der Waals surface area (Å²) >= 11 is 1.49. The van der Waals surface area contributed by atoms with Crippen LogP contribution in [0.25, 0.3) is 0 Å². The molecule has 2 rings (SSSR count). The molecule has 1 aliphatic heterocycles. The van der Waals surface area contributed by atoms with Crippen molar-refractivity contribution >= 4 is 22.7 Å². The molecule has 0 amide bonds. The predicted molar refractivity (Wildman–Crippen MR) is 127 cm³/mol. The number of halogens is 2. The van der Waals surface area contributed by atoms with Crippen LogP contribution in [-0.4, -0.2) is 44.9 Å². The molecule has 1 aromatic heterocycles. The van der Waals surface area contributed by atoms with Gasteiger partial charge in [0.15, 0.2) is 11.0 Å². The number of allylic oxidation sites excluding steroid dienone is 3. The molecular formula is C23H32F2N4O2S. The van der Waals surface area contributed by atoms with Crippen LogP contribution in [0.2, 0.25) is 0 Å². The lowest BCUT2D eigenvalue weighted by atomic mass is 10.0. The number of aromatic nitrogens is 2. The van der Waals surface area contributed by atoms with Gasteiger partial charge in [-0.2, -0.15) is 0 Å². The zero-order valence-corrected chi connectivity index (χ0v) is 19.5. The highest BCUT2D eigenvalue weighted by atomic mass is 32.2. The molecule has 0 bridgehead atoms. The summed E-state index contributed by atoms with van der Waals surface area (Å²) < 4.78 is 27.7. The Kier molecular flexibility index (Phi) is 13.3. The third-order valence-corrected chi connectivity index (χ3v) is 5.55. The average Bonchev–Trinajstić information content (AvgIpc) is 2.81. The number of rotatable bonds is 7. The van der Waals surface area contributed by atoms with E-state index < -0.39 is 12.0 Å². The molecule has 3 N–H and O–H groups in total. The van der Waals surface area contributed by atoms with Crippen molar-refractivity contribution in [3.05, 3.63) is 60.0 Å². The Morgan fingerprint density at radius 2 is 2.03 bits per heavy atom. The Morgan fingerprint density at radius 1 is 1.31 bits per heavy atom. The van der Waals surface area contributed by atoms with Gasteiger partial charge < -0.3 is 10.8 Å². The maximum atomic E-state index is 14.5. The van der Waals surface area contributed by atoms with E-state index in [0.29, 0.717) is 11.6 Å². The van der Waals surface area contributed by atoms with Gasteiger partial charge in [0.1, 0.15) is 17.7 Å². The molecule has 0 aromatic carbocycles. The second-order valence-electron chi connectivity index (χ2n) is 7.07. The number of alkyl halides is 1. The van der Waals surface area contributed by atoms with E-state index in [1.807, 2.05) is 0 Å². The summed E-state index contributed by atoms with van der Waals surface area (Å²) in [5.74, 6) is 0.151. The van der Waals surface area contributed by atoms with Crippen LogP contribution in [0.4, 0.5) is 8.78 Å². The molecule has 32 heavy (non-hydrogen) atoms. The number of aliphatic hydroxyl groups is 1. The molecule has 2 atom stereocenters. The zero-order valence-electron chi connectivity index (χ0n) is 18.6. The molecule has 1 aliphatic rings. The summed E-state index contributed by atoms with van der Waals surface area (Å²) in [5.41, 5.74) is 6.54. The number of aliphatic hydroxyl groups excluding tert-OH is 1. The van der Waals surface area contributed by atoms with E-state index in [2.05, 4.69) is 21.5 Å². The van der Waals surface area contributed by atoms with Crippen molar-refractivity contribution in [3.63, 3.8) is 0 Å². The number of Topliss-reactive ketones (excluding diaryl/α,β-unsaturated/α-hetero) is 1. The van der Waals surface area contributed by atoms with Crippen LogP contribution in [0.3, 0.4) is 0 Å². The van der Waals surface area contributed by atoms with Gasteiger partial charge in [-0.1, -0.05) is 49.8 Å². The topological polar surface area (TPSA) is 101 Å². The number of nitrogens with zero attached hydrogens (tertiary/aromatic N) is 3. The van der Waals surface area contributed by atoms with Crippen molar-refractivity contribution in [1.82, 2.24) is 9.97 Å². The number of carbonyl (C=O) groups is 1. The van der Waals surface area contributed by atoms with Gasteiger partial charge in [0.2, 0.25) is 0 Å². The van der Waals surface area contributed by atoms with Crippen LogP contribution < -0.4 is 5.73 Å². The normalized spacial score (nSPS) is 18.8. The second-order valence-corrected chi connectivity index (χ2v) is 8.19. The molecule has 0 saturated carbocycles. The molecular weight excluding hydrogens is 434 g/mol.